The Bertz CT molecular complexity index is 402. The molecule has 1 aliphatic rings. The first-order valence-electron chi connectivity index (χ1n) is 7.63. The number of ether oxygens (including phenoxy) is 1. The standard InChI is InChI=1S/C16H27N3O/c1-3-14(2)19-9-7-18(8-10-19)11-12-20-16-6-4-5-15(17)13-16/h4-6,13-14H,3,7-12,17H2,1-2H3. The van der Waals surface area contributed by atoms with Gasteiger partial charge in [-0.15, -0.1) is 0 Å². The van der Waals surface area contributed by atoms with Crippen molar-refractivity contribution < 1.29 is 4.74 Å². The summed E-state index contributed by atoms with van der Waals surface area (Å²) in [7, 11) is 0. The Hall–Kier alpha value is -1.26. The van der Waals surface area contributed by atoms with E-state index in [1.165, 1.54) is 19.5 Å². The summed E-state index contributed by atoms with van der Waals surface area (Å²) in [6, 6.07) is 8.34. The van der Waals surface area contributed by atoms with Crippen molar-refractivity contribution >= 4 is 5.69 Å². The zero-order valence-electron chi connectivity index (χ0n) is 12.7. The molecule has 1 unspecified atom stereocenters. The lowest BCUT2D eigenvalue weighted by molar-refractivity contribution is 0.0905. The molecule has 1 atom stereocenters. The van der Waals surface area contributed by atoms with Crippen molar-refractivity contribution in [1.82, 2.24) is 9.80 Å². The second-order valence-corrected chi connectivity index (χ2v) is 5.56. The first-order chi connectivity index (χ1) is 9.69. The molecule has 1 aromatic rings. The quantitative estimate of drug-likeness (QED) is 0.808. The molecule has 4 nitrogen and oxygen atoms in total. The molecule has 2 N–H and O–H groups in total. The molecule has 1 fully saturated rings. The van der Waals surface area contributed by atoms with E-state index < -0.39 is 0 Å². The van der Waals surface area contributed by atoms with E-state index in [2.05, 4.69) is 23.6 Å². The van der Waals surface area contributed by atoms with Crippen LogP contribution in [0.1, 0.15) is 20.3 Å². The summed E-state index contributed by atoms with van der Waals surface area (Å²) < 4.78 is 5.75. The molecule has 20 heavy (non-hydrogen) atoms. The number of hydrogen-bond acceptors (Lipinski definition) is 4. The van der Waals surface area contributed by atoms with Gasteiger partial charge in [0.2, 0.25) is 0 Å². The predicted octanol–water partition coefficient (Wildman–Crippen LogP) is 2.06. The maximum absolute atomic E-state index is 5.75. The van der Waals surface area contributed by atoms with Crippen LogP contribution in [0.2, 0.25) is 0 Å². The molecular weight excluding hydrogens is 250 g/mol. The number of benzene rings is 1. The zero-order chi connectivity index (χ0) is 14.4. The predicted molar refractivity (Wildman–Crippen MR) is 84.1 cm³/mol. The van der Waals surface area contributed by atoms with E-state index in [0.29, 0.717) is 6.04 Å². The molecule has 0 radical (unpaired) electrons. The van der Waals surface area contributed by atoms with Crippen molar-refractivity contribution in [2.24, 2.45) is 0 Å². The number of piperazine rings is 1. The maximum Gasteiger partial charge on any atom is 0.121 e. The average molecular weight is 277 g/mol. The highest BCUT2D eigenvalue weighted by molar-refractivity contribution is 5.43. The van der Waals surface area contributed by atoms with E-state index in [0.717, 1.165) is 37.7 Å². The van der Waals surface area contributed by atoms with Crippen LogP contribution in [-0.4, -0.2) is 55.2 Å². The Kier molecular flexibility index (Phi) is 5.68. The number of nitrogens with zero attached hydrogens (tertiary/aromatic N) is 2. The number of anilines is 1. The lowest BCUT2D eigenvalue weighted by Crippen LogP contribution is -2.50. The van der Waals surface area contributed by atoms with Crippen molar-refractivity contribution in [3.63, 3.8) is 0 Å². The third kappa shape index (κ3) is 4.39. The van der Waals surface area contributed by atoms with Crippen molar-refractivity contribution in [1.29, 1.82) is 0 Å². The molecule has 112 valence electrons. The second-order valence-electron chi connectivity index (χ2n) is 5.56. The lowest BCUT2D eigenvalue weighted by atomic mass is 10.2. The van der Waals surface area contributed by atoms with E-state index in [-0.39, 0.29) is 0 Å². The second kappa shape index (κ2) is 7.50. The van der Waals surface area contributed by atoms with Crippen molar-refractivity contribution in [3.8, 4) is 5.75 Å². The van der Waals surface area contributed by atoms with Crippen molar-refractivity contribution in [2.75, 3.05) is 45.1 Å². The number of rotatable bonds is 6. The fraction of sp³-hybridized carbons (Fsp3) is 0.625. The summed E-state index contributed by atoms with van der Waals surface area (Å²) in [4.78, 5) is 5.06. The number of nitrogens with two attached hydrogens (primary N) is 1. The Morgan fingerprint density at radius 1 is 1.25 bits per heavy atom. The summed E-state index contributed by atoms with van der Waals surface area (Å²) in [6.07, 6.45) is 1.23. The van der Waals surface area contributed by atoms with Gasteiger partial charge in [-0.25, -0.2) is 0 Å². The molecule has 1 aliphatic heterocycles. The average Bonchev–Trinajstić information content (AvgIpc) is 2.47. The van der Waals surface area contributed by atoms with Gasteiger partial charge in [0.05, 0.1) is 0 Å². The van der Waals surface area contributed by atoms with E-state index in [4.69, 9.17) is 10.5 Å². The molecule has 4 heteroatoms. The number of nitrogen functional groups attached to an aromatic ring is 1. The Morgan fingerprint density at radius 2 is 2.00 bits per heavy atom. The van der Waals surface area contributed by atoms with Gasteiger partial charge in [-0.05, 0) is 25.5 Å². The van der Waals surface area contributed by atoms with Gasteiger partial charge >= 0.3 is 0 Å². The largest absolute Gasteiger partial charge is 0.492 e. The van der Waals surface area contributed by atoms with Gasteiger partial charge < -0.3 is 10.5 Å². The van der Waals surface area contributed by atoms with Gasteiger partial charge in [-0.2, -0.15) is 0 Å². The highest BCUT2D eigenvalue weighted by Gasteiger charge is 2.19. The molecule has 1 heterocycles. The fourth-order valence-corrected chi connectivity index (χ4v) is 2.58. The molecular formula is C16H27N3O. The van der Waals surface area contributed by atoms with Crippen LogP contribution in [-0.2, 0) is 0 Å². The van der Waals surface area contributed by atoms with Crippen LogP contribution in [0.25, 0.3) is 0 Å². The Balaban J connectivity index is 1.66. The Morgan fingerprint density at radius 3 is 2.65 bits per heavy atom. The minimum Gasteiger partial charge on any atom is -0.492 e. The third-order valence-corrected chi connectivity index (χ3v) is 4.16. The molecule has 0 spiro atoms. The SMILES string of the molecule is CCC(C)N1CCN(CCOc2cccc(N)c2)CC1. The van der Waals surface area contributed by atoms with Crippen molar-refractivity contribution in [2.45, 2.75) is 26.3 Å². The van der Waals surface area contributed by atoms with Crippen LogP contribution in [0.4, 0.5) is 5.69 Å². The molecule has 0 bridgehead atoms. The van der Waals surface area contributed by atoms with Crippen LogP contribution in [0, 0.1) is 0 Å². The smallest absolute Gasteiger partial charge is 0.121 e. The van der Waals surface area contributed by atoms with Gasteiger partial charge in [0.15, 0.2) is 0 Å². The third-order valence-electron chi connectivity index (χ3n) is 4.16. The van der Waals surface area contributed by atoms with Gasteiger partial charge in [0, 0.05) is 50.5 Å². The molecule has 0 saturated carbocycles. The summed E-state index contributed by atoms with van der Waals surface area (Å²) in [5, 5.41) is 0. The van der Waals surface area contributed by atoms with Gasteiger partial charge in [0.25, 0.3) is 0 Å². The van der Waals surface area contributed by atoms with Gasteiger partial charge in [-0.3, -0.25) is 9.80 Å². The van der Waals surface area contributed by atoms with E-state index in [9.17, 15) is 0 Å². The first-order valence-corrected chi connectivity index (χ1v) is 7.63. The molecule has 2 rings (SSSR count). The fourth-order valence-electron chi connectivity index (χ4n) is 2.58. The molecule has 1 saturated heterocycles. The normalized spacial score (nSPS) is 18.9. The van der Waals surface area contributed by atoms with Gasteiger partial charge in [0.1, 0.15) is 12.4 Å². The number of hydrogen-bond donors (Lipinski definition) is 1. The minimum atomic E-state index is 0.709. The molecule has 1 aromatic carbocycles. The zero-order valence-corrected chi connectivity index (χ0v) is 12.7. The molecule has 0 amide bonds. The van der Waals surface area contributed by atoms with Crippen LogP contribution < -0.4 is 10.5 Å². The highest BCUT2D eigenvalue weighted by Crippen LogP contribution is 2.14. The summed E-state index contributed by atoms with van der Waals surface area (Å²) in [6.45, 7) is 10.9. The first kappa shape index (κ1) is 15.1. The van der Waals surface area contributed by atoms with Crippen LogP contribution in [0.5, 0.6) is 5.75 Å². The monoisotopic (exact) mass is 277 g/mol. The van der Waals surface area contributed by atoms with E-state index in [1.54, 1.807) is 0 Å². The Labute approximate surface area is 122 Å². The van der Waals surface area contributed by atoms with Crippen LogP contribution in [0.15, 0.2) is 24.3 Å². The molecule has 0 aliphatic carbocycles. The van der Waals surface area contributed by atoms with Crippen LogP contribution in [0.3, 0.4) is 0 Å². The highest BCUT2D eigenvalue weighted by atomic mass is 16.5. The molecule has 0 aromatic heterocycles. The lowest BCUT2D eigenvalue weighted by Gasteiger charge is -2.37. The topological polar surface area (TPSA) is 41.7 Å². The summed E-state index contributed by atoms with van der Waals surface area (Å²) in [5.74, 6) is 0.864. The van der Waals surface area contributed by atoms with Crippen LogP contribution >= 0.6 is 0 Å². The summed E-state index contributed by atoms with van der Waals surface area (Å²) >= 11 is 0. The van der Waals surface area contributed by atoms with E-state index in [1.807, 2.05) is 24.3 Å². The maximum atomic E-state index is 5.75. The summed E-state index contributed by atoms with van der Waals surface area (Å²) in [5.41, 5.74) is 6.49. The van der Waals surface area contributed by atoms with E-state index >= 15 is 0 Å². The minimum absolute atomic E-state index is 0.709. The van der Waals surface area contributed by atoms with Gasteiger partial charge in [-0.1, -0.05) is 13.0 Å². The van der Waals surface area contributed by atoms with Crippen molar-refractivity contribution in [3.05, 3.63) is 24.3 Å².